The van der Waals surface area contributed by atoms with Gasteiger partial charge in [-0.05, 0) is 47.6 Å². The van der Waals surface area contributed by atoms with E-state index < -0.39 is 5.97 Å². The van der Waals surface area contributed by atoms with E-state index in [0.29, 0.717) is 5.92 Å². The van der Waals surface area contributed by atoms with E-state index in [9.17, 15) is 4.79 Å². The Kier molecular flexibility index (Phi) is 4.65. The molecule has 0 aliphatic rings. The van der Waals surface area contributed by atoms with Gasteiger partial charge in [0.25, 0.3) is 0 Å². The van der Waals surface area contributed by atoms with Gasteiger partial charge in [0.15, 0.2) is 0 Å². The molecule has 2 aromatic heterocycles. The molecule has 3 aromatic rings. The van der Waals surface area contributed by atoms with Crippen LogP contribution < -0.4 is 0 Å². The summed E-state index contributed by atoms with van der Waals surface area (Å²) in [6, 6.07) is 12.6. The number of nitrogens with zero attached hydrogens (tertiary/aromatic N) is 2. The number of carboxylic acids is 1. The van der Waals surface area contributed by atoms with E-state index in [1.165, 1.54) is 11.1 Å². The monoisotopic (exact) mass is 322 g/mol. The molecule has 1 N–H and O–H groups in total. The zero-order valence-corrected chi connectivity index (χ0v) is 14.1. The summed E-state index contributed by atoms with van der Waals surface area (Å²) >= 11 is 0. The van der Waals surface area contributed by atoms with Gasteiger partial charge in [-0.3, -0.25) is 4.79 Å². The Morgan fingerprint density at radius 2 is 1.96 bits per heavy atom. The fraction of sp³-hybridized carbons (Fsp3) is 0.300. The zero-order valence-electron chi connectivity index (χ0n) is 14.1. The van der Waals surface area contributed by atoms with Gasteiger partial charge in [-0.2, -0.15) is 5.10 Å². The van der Waals surface area contributed by atoms with E-state index in [-0.39, 0.29) is 6.42 Å². The molecule has 4 nitrogen and oxygen atoms in total. The van der Waals surface area contributed by atoms with Gasteiger partial charge in [-0.25, -0.2) is 4.52 Å². The molecule has 0 fully saturated rings. The molecule has 0 radical (unpaired) electrons. The quantitative estimate of drug-likeness (QED) is 0.725. The molecule has 0 atom stereocenters. The number of hydrogen-bond acceptors (Lipinski definition) is 2. The van der Waals surface area contributed by atoms with E-state index in [2.05, 4.69) is 43.2 Å². The molecule has 0 amide bonds. The van der Waals surface area contributed by atoms with Gasteiger partial charge in [-0.15, -0.1) is 0 Å². The first kappa shape index (κ1) is 16.2. The molecule has 0 bridgehead atoms. The number of fused-ring (bicyclic) bond motifs is 1. The van der Waals surface area contributed by atoms with Crippen molar-refractivity contribution in [3.63, 3.8) is 0 Å². The molecular formula is C20H22N2O2. The highest BCUT2D eigenvalue weighted by Crippen LogP contribution is 2.33. The van der Waals surface area contributed by atoms with Gasteiger partial charge >= 0.3 is 5.97 Å². The van der Waals surface area contributed by atoms with Crippen molar-refractivity contribution in [1.82, 2.24) is 9.61 Å². The van der Waals surface area contributed by atoms with Crippen LogP contribution in [0.15, 0.2) is 48.8 Å². The highest BCUT2D eigenvalue weighted by atomic mass is 16.4. The lowest BCUT2D eigenvalue weighted by Crippen LogP contribution is -2.00. The molecule has 0 saturated heterocycles. The number of benzene rings is 1. The zero-order chi connectivity index (χ0) is 17.1. The van der Waals surface area contributed by atoms with Gasteiger partial charge in [0.1, 0.15) is 0 Å². The lowest BCUT2D eigenvalue weighted by atomic mass is 9.87. The minimum atomic E-state index is -0.840. The first-order valence-electron chi connectivity index (χ1n) is 8.41. The third kappa shape index (κ3) is 3.04. The van der Waals surface area contributed by atoms with Crippen molar-refractivity contribution in [2.45, 2.75) is 39.0 Å². The van der Waals surface area contributed by atoms with Gasteiger partial charge in [0, 0.05) is 11.8 Å². The van der Waals surface area contributed by atoms with Gasteiger partial charge in [0.05, 0.1) is 18.1 Å². The summed E-state index contributed by atoms with van der Waals surface area (Å²) in [7, 11) is 0. The fourth-order valence-electron chi connectivity index (χ4n) is 3.34. The second-order valence-electron chi connectivity index (χ2n) is 6.09. The molecule has 0 aliphatic heterocycles. The summed E-state index contributed by atoms with van der Waals surface area (Å²) in [6.07, 6.45) is 5.74. The molecule has 0 aliphatic carbocycles. The first-order valence-corrected chi connectivity index (χ1v) is 8.41. The third-order valence-electron chi connectivity index (χ3n) is 4.64. The second-order valence-corrected chi connectivity index (χ2v) is 6.09. The SMILES string of the molecule is CCC(CC)c1ccccc1-c1ccn2ncc(CC(=O)O)c2c1. The molecule has 24 heavy (non-hydrogen) atoms. The van der Waals surface area contributed by atoms with E-state index in [4.69, 9.17) is 5.11 Å². The molecule has 0 unspecified atom stereocenters. The maximum Gasteiger partial charge on any atom is 0.307 e. The Bertz CT molecular complexity index is 863. The van der Waals surface area contributed by atoms with Crippen LogP contribution in [0.4, 0.5) is 0 Å². The molecule has 0 spiro atoms. The number of carboxylic acid groups (broad SMARTS) is 1. The Hall–Kier alpha value is -2.62. The highest BCUT2D eigenvalue weighted by Gasteiger charge is 2.14. The van der Waals surface area contributed by atoms with Crippen LogP contribution in [-0.2, 0) is 11.2 Å². The lowest BCUT2D eigenvalue weighted by molar-refractivity contribution is -0.136. The van der Waals surface area contributed by atoms with Crippen LogP contribution >= 0.6 is 0 Å². The van der Waals surface area contributed by atoms with Gasteiger partial charge in [-0.1, -0.05) is 38.1 Å². The largest absolute Gasteiger partial charge is 0.481 e. The van der Waals surface area contributed by atoms with E-state index in [0.717, 1.165) is 29.5 Å². The van der Waals surface area contributed by atoms with Crippen LogP contribution in [0.1, 0.15) is 43.7 Å². The number of aromatic nitrogens is 2. The van der Waals surface area contributed by atoms with Crippen LogP contribution in [0.25, 0.3) is 16.6 Å². The van der Waals surface area contributed by atoms with Crippen LogP contribution in [0.5, 0.6) is 0 Å². The second kappa shape index (κ2) is 6.87. The first-order chi connectivity index (χ1) is 11.6. The molecule has 3 rings (SSSR count). The van der Waals surface area contributed by atoms with Crippen molar-refractivity contribution in [3.05, 3.63) is 59.9 Å². The summed E-state index contributed by atoms with van der Waals surface area (Å²) in [6.45, 7) is 4.44. The normalized spacial score (nSPS) is 11.3. The third-order valence-corrected chi connectivity index (χ3v) is 4.64. The highest BCUT2D eigenvalue weighted by molar-refractivity contribution is 5.77. The Morgan fingerprint density at radius 3 is 2.67 bits per heavy atom. The Morgan fingerprint density at radius 1 is 1.21 bits per heavy atom. The average molecular weight is 322 g/mol. The molecule has 124 valence electrons. The number of pyridine rings is 1. The standard InChI is InChI=1S/C20H22N2O2/c1-3-14(4-2)17-7-5-6-8-18(17)15-9-10-22-19(11-15)16(13-21-22)12-20(23)24/h5-11,13-14H,3-4,12H2,1-2H3,(H,23,24). The van der Waals surface area contributed by atoms with Crippen molar-refractivity contribution >= 4 is 11.5 Å². The average Bonchev–Trinajstić information content (AvgIpc) is 2.98. The fourth-order valence-corrected chi connectivity index (χ4v) is 3.34. The summed E-state index contributed by atoms with van der Waals surface area (Å²) in [5.41, 5.74) is 5.28. The topological polar surface area (TPSA) is 54.6 Å². The maximum atomic E-state index is 11.0. The summed E-state index contributed by atoms with van der Waals surface area (Å²) in [5.74, 6) is -0.312. The minimum absolute atomic E-state index is 0.0128. The van der Waals surface area contributed by atoms with Crippen molar-refractivity contribution in [1.29, 1.82) is 0 Å². The summed E-state index contributed by atoms with van der Waals surface area (Å²) < 4.78 is 1.74. The smallest absolute Gasteiger partial charge is 0.307 e. The Balaban J connectivity index is 2.11. The predicted octanol–water partition coefficient (Wildman–Crippen LogP) is 4.53. The van der Waals surface area contributed by atoms with Crippen molar-refractivity contribution in [2.24, 2.45) is 0 Å². The van der Waals surface area contributed by atoms with Crippen molar-refractivity contribution < 1.29 is 9.90 Å². The number of carbonyl (C=O) groups is 1. The molecule has 0 saturated carbocycles. The number of rotatable bonds is 6. The van der Waals surface area contributed by atoms with E-state index in [1.54, 1.807) is 10.7 Å². The summed E-state index contributed by atoms with van der Waals surface area (Å²) in [4.78, 5) is 11.0. The van der Waals surface area contributed by atoms with Crippen LogP contribution in [-0.4, -0.2) is 20.7 Å². The van der Waals surface area contributed by atoms with E-state index in [1.807, 2.05) is 18.3 Å². The maximum absolute atomic E-state index is 11.0. The van der Waals surface area contributed by atoms with Crippen LogP contribution in [0.3, 0.4) is 0 Å². The molecule has 1 aromatic carbocycles. The van der Waals surface area contributed by atoms with Crippen molar-refractivity contribution in [3.8, 4) is 11.1 Å². The predicted molar refractivity (Wildman–Crippen MR) is 95.3 cm³/mol. The van der Waals surface area contributed by atoms with Gasteiger partial charge in [0.2, 0.25) is 0 Å². The van der Waals surface area contributed by atoms with Crippen molar-refractivity contribution in [2.75, 3.05) is 0 Å². The molecular weight excluding hydrogens is 300 g/mol. The lowest BCUT2D eigenvalue weighted by Gasteiger charge is -2.18. The number of hydrogen-bond donors (Lipinski definition) is 1. The molecule has 2 heterocycles. The summed E-state index contributed by atoms with van der Waals surface area (Å²) in [5, 5.41) is 13.3. The molecule has 4 heteroatoms. The van der Waals surface area contributed by atoms with Crippen LogP contribution in [0.2, 0.25) is 0 Å². The number of aliphatic carboxylic acids is 1. The van der Waals surface area contributed by atoms with Crippen LogP contribution in [0, 0.1) is 0 Å². The Labute approximate surface area is 141 Å². The minimum Gasteiger partial charge on any atom is -0.481 e. The van der Waals surface area contributed by atoms with Gasteiger partial charge < -0.3 is 5.11 Å². The van der Waals surface area contributed by atoms with E-state index >= 15 is 0 Å².